The number of hydrogen-bond acceptors (Lipinski definition) is 3. The van der Waals surface area contributed by atoms with Crippen molar-refractivity contribution in [3.8, 4) is 0 Å². The molecule has 4 nitrogen and oxygen atoms in total. The second-order valence-corrected chi connectivity index (χ2v) is 3.58. The summed E-state index contributed by atoms with van der Waals surface area (Å²) in [5.41, 5.74) is 7.28. The lowest BCUT2D eigenvalue weighted by Gasteiger charge is -2.18. The van der Waals surface area contributed by atoms with Gasteiger partial charge in [0.25, 0.3) is 0 Å². The van der Waals surface area contributed by atoms with E-state index in [4.69, 9.17) is 5.73 Å². The van der Waals surface area contributed by atoms with Gasteiger partial charge in [-0.25, -0.2) is 0 Å². The van der Waals surface area contributed by atoms with E-state index in [0.29, 0.717) is 5.56 Å². The van der Waals surface area contributed by atoms with Gasteiger partial charge in [-0.3, -0.25) is 4.79 Å². The number of carbonyl (C=O) groups is 1. The second-order valence-electron chi connectivity index (χ2n) is 3.58. The summed E-state index contributed by atoms with van der Waals surface area (Å²) in [7, 11) is 0. The minimum Gasteiger partial charge on any atom is -0.385 e. The van der Waals surface area contributed by atoms with E-state index in [1.54, 1.807) is 12.1 Å². The molecule has 1 aromatic rings. The maximum Gasteiger partial charge on any atom is 0.249 e. The summed E-state index contributed by atoms with van der Waals surface area (Å²) in [4.78, 5) is 10.7. The van der Waals surface area contributed by atoms with E-state index in [1.807, 2.05) is 19.9 Å². The van der Waals surface area contributed by atoms with Crippen LogP contribution in [0, 0.1) is 13.8 Å². The van der Waals surface area contributed by atoms with Gasteiger partial charge in [-0.15, -0.1) is 0 Å². The van der Waals surface area contributed by atoms with Crippen LogP contribution in [0.25, 0.3) is 0 Å². The highest BCUT2D eigenvalue weighted by molar-refractivity contribution is 5.79. The Morgan fingerprint density at radius 2 is 1.93 bits per heavy atom. The Morgan fingerprint density at radius 1 is 1.33 bits per heavy atom. The van der Waals surface area contributed by atoms with Crippen molar-refractivity contribution in [1.29, 1.82) is 0 Å². The quantitative estimate of drug-likeness (QED) is 0.664. The molecular formula is C11H15NO3. The largest absolute Gasteiger partial charge is 0.385 e. The predicted molar refractivity (Wildman–Crippen MR) is 56.1 cm³/mol. The van der Waals surface area contributed by atoms with Crippen molar-refractivity contribution in [3.63, 3.8) is 0 Å². The van der Waals surface area contributed by atoms with E-state index in [-0.39, 0.29) is 0 Å². The minimum absolute atomic E-state index is 0.529. The monoisotopic (exact) mass is 209 g/mol. The van der Waals surface area contributed by atoms with Gasteiger partial charge in [0.15, 0.2) is 6.10 Å². The molecule has 1 aromatic carbocycles. The van der Waals surface area contributed by atoms with Gasteiger partial charge in [0.05, 0.1) is 0 Å². The van der Waals surface area contributed by atoms with Gasteiger partial charge >= 0.3 is 0 Å². The lowest BCUT2D eigenvalue weighted by Crippen LogP contribution is -2.34. The molecule has 0 bridgehead atoms. The molecule has 0 heterocycles. The molecule has 15 heavy (non-hydrogen) atoms. The molecule has 0 spiro atoms. The van der Waals surface area contributed by atoms with Crippen LogP contribution in [0.1, 0.15) is 22.8 Å². The molecule has 1 amide bonds. The van der Waals surface area contributed by atoms with Crippen LogP contribution in [0.5, 0.6) is 0 Å². The van der Waals surface area contributed by atoms with E-state index < -0.39 is 18.1 Å². The third-order valence-electron chi connectivity index (χ3n) is 2.56. The molecule has 2 atom stereocenters. The van der Waals surface area contributed by atoms with Crippen LogP contribution in [0.4, 0.5) is 0 Å². The van der Waals surface area contributed by atoms with Gasteiger partial charge < -0.3 is 15.9 Å². The van der Waals surface area contributed by atoms with E-state index in [9.17, 15) is 15.0 Å². The first-order valence-corrected chi connectivity index (χ1v) is 4.66. The summed E-state index contributed by atoms with van der Waals surface area (Å²) in [5.74, 6) is -0.927. The highest BCUT2D eigenvalue weighted by Crippen LogP contribution is 2.22. The molecule has 0 saturated carbocycles. The number of aryl methyl sites for hydroxylation is 1. The van der Waals surface area contributed by atoms with Gasteiger partial charge in [0, 0.05) is 0 Å². The fourth-order valence-corrected chi connectivity index (χ4v) is 1.42. The van der Waals surface area contributed by atoms with Gasteiger partial charge in [0.2, 0.25) is 5.91 Å². The average Bonchev–Trinajstić information content (AvgIpc) is 2.20. The first kappa shape index (κ1) is 11.7. The number of aliphatic hydroxyl groups is 2. The molecule has 1 rings (SSSR count). The summed E-state index contributed by atoms with van der Waals surface area (Å²) in [6.07, 6.45) is -2.83. The number of hydrogen-bond donors (Lipinski definition) is 3. The molecule has 0 aromatic heterocycles. The standard InChI is InChI=1S/C11H15NO3/c1-6-4-3-5-8(7(6)2)9(13)10(14)11(12)15/h3-5,9-10,13-14H,1-2H3,(H2,12,15). The number of benzene rings is 1. The summed E-state index contributed by atoms with van der Waals surface area (Å²) >= 11 is 0. The molecule has 0 radical (unpaired) electrons. The van der Waals surface area contributed by atoms with Gasteiger partial charge in [-0.1, -0.05) is 18.2 Å². The van der Waals surface area contributed by atoms with Gasteiger partial charge in [-0.2, -0.15) is 0 Å². The van der Waals surface area contributed by atoms with Crippen molar-refractivity contribution in [2.24, 2.45) is 5.73 Å². The third kappa shape index (κ3) is 2.34. The van der Waals surface area contributed by atoms with Crippen molar-refractivity contribution in [3.05, 3.63) is 34.9 Å². The molecule has 0 aliphatic heterocycles. The predicted octanol–water partition coefficient (Wildman–Crippen LogP) is 0.183. The van der Waals surface area contributed by atoms with Crippen LogP contribution in [-0.4, -0.2) is 22.2 Å². The zero-order valence-electron chi connectivity index (χ0n) is 8.77. The minimum atomic E-state index is -1.56. The highest BCUT2D eigenvalue weighted by Gasteiger charge is 2.24. The molecule has 0 saturated heterocycles. The van der Waals surface area contributed by atoms with E-state index >= 15 is 0 Å². The smallest absolute Gasteiger partial charge is 0.249 e. The van der Waals surface area contributed by atoms with Crippen LogP contribution in [-0.2, 0) is 4.79 Å². The number of nitrogens with two attached hydrogens (primary N) is 1. The first-order valence-electron chi connectivity index (χ1n) is 4.66. The Balaban J connectivity index is 3.06. The van der Waals surface area contributed by atoms with Crippen molar-refractivity contribution in [2.75, 3.05) is 0 Å². The zero-order chi connectivity index (χ0) is 11.6. The molecule has 4 heteroatoms. The van der Waals surface area contributed by atoms with Crippen molar-refractivity contribution in [2.45, 2.75) is 26.1 Å². The van der Waals surface area contributed by atoms with Crippen LogP contribution in [0.3, 0.4) is 0 Å². The Bertz CT molecular complexity index is 376. The van der Waals surface area contributed by atoms with Crippen LogP contribution in [0.2, 0.25) is 0 Å². The lowest BCUT2D eigenvalue weighted by molar-refractivity contribution is -0.132. The number of rotatable bonds is 3. The Labute approximate surface area is 88.3 Å². The number of aliphatic hydroxyl groups excluding tert-OH is 2. The second kappa shape index (κ2) is 4.42. The third-order valence-corrected chi connectivity index (χ3v) is 2.56. The SMILES string of the molecule is Cc1cccc(C(O)C(O)C(N)=O)c1C. The Kier molecular flexibility index (Phi) is 3.44. The Morgan fingerprint density at radius 3 is 2.47 bits per heavy atom. The number of carbonyl (C=O) groups excluding carboxylic acids is 1. The summed E-state index contributed by atoms with van der Waals surface area (Å²) in [5, 5.41) is 19.1. The zero-order valence-corrected chi connectivity index (χ0v) is 8.77. The van der Waals surface area contributed by atoms with Crippen molar-refractivity contribution in [1.82, 2.24) is 0 Å². The van der Waals surface area contributed by atoms with Crippen LogP contribution < -0.4 is 5.73 Å². The van der Waals surface area contributed by atoms with E-state index in [0.717, 1.165) is 11.1 Å². The molecule has 2 unspecified atom stereocenters. The lowest BCUT2D eigenvalue weighted by atomic mass is 9.96. The summed E-state index contributed by atoms with van der Waals surface area (Å²) < 4.78 is 0. The van der Waals surface area contributed by atoms with Gasteiger partial charge in [0.1, 0.15) is 6.10 Å². The number of primary amides is 1. The highest BCUT2D eigenvalue weighted by atomic mass is 16.3. The van der Waals surface area contributed by atoms with Crippen LogP contribution >= 0.6 is 0 Å². The summed E-state index contributed by atoms with van der Waals surface area (Å²) in [6.45, 7) is 3.71. The maximum atomic E-state index is 10.7. The number of amides is 1. The van der Waals surface area contributed by atoms with Crippen molar-refractivity contribution < 1.29 is 15.0 Å². The fraction of sp³-hybridized carbons (Fsp3) is 0.364. The molecular weight excluding hydrogens is 194 g/mol. The maximum absolute atomic E-state index is 10.7. The molecule has 82 valence electrons. The molecule has 0 aliphatic carbocycles. The van der Waals surface area contributed by atoms with Crippen LogP contribution in [0.15, 0.2) is 18.2 Å². The average molecular weight is 209 g/mol. The fourth-order valence-electron chi connectivity index (χ4n) is 1.42. The first-order chi connectivity index (χ1) is 6.95. The molecule has 0 fully saturated rings. The molecule has 0 aliphatic rings. The topological polar surface area (TPSA) is 83.6 Å². The Hall–Kier alpha value is -1.39. The van der Waals surface area contributed by atoms with Gasteiger partial charge in [-0.05, 0) is 30.5 Å². The van der Waals surface area contributed by atoms with E-state index in [1.165, 1.54) is 0 Å². The molecule has 4 N–H and O–H groups in total. The summed E-state index contributed by atoms with van der Waals surface area (Å²) in [6, 6.07) is 5.32. The normalized spacial score (nSPS) is 14.7. The van der Waals surface area contributed by atoms with Crippen molar-refractivity contribution >= 4 is 5.91 Å². The van der Waals surface area contributed by atoms with E-state index in [2.05, 4.69) is 0 Å².